The van der Waals surface area contributed by atoms with E-state index >= 15 is 0 Å². The van der Waals surface area contributed by atoms with E-state index in [1.54, 1.807) is 24.3 Å². The average Bonchev–Trinajstić information content (AvgIpc) is 2.59. The van der Waals surface area contributed by atoms with Crippen molar-refractivity contribution in [2.75, 3.05) is 5.73 Å². The van der Waals surface area contributed by atoms with Crippen molar-refractivity contribution in [3.05, 3.63) is 68.9 Å². The number of nitriles is 1. The Hall–Kier alpha value is -2.42. The van der Waals surface area contributed by atoms with Crippen molar-refractivity contribution in [2.24, 2.45) is 0 Å². The zero-order valence-electron chi connectivity index (χ0n) is 13.1. The molecule has 0 unspecified atom stereocenters. The first-order chi connectivity index (χ1) is 11.9. The molecule has 0 aliphatic carbocycles. The van der Waals surface area contributed by atoms with Crippen molar-refractivity contribution in [1.82, 2.24) is 4.98 Å². The molecule has 3 nitrogen and oxygen atoms in total. The second kappa shape index (κ2) is 6.83. The zero-order chi connectivity index (χ0) is 18.1. The number of rotatable bonds is 2. The number of anilines is 1. The topological polar surface area (TPSA) is 62.7 Å². The zero-order valence-corrected chi connectivity index (χ0v) is 15.5. The summed E-state index contributed by atoms with van der Waals surface area (Å²) in [5, 5.41) is 10.1. The molecule has 0 spiro atoms. The molecular weight excluding hydrogens is 405 g/mol. The van der Waals surface area contributed by atoms with Crippen molar-refractivity contribution in [1.29, 1.82) is 5.26 Å². The van der Waals surface area contributed by atoms with E-state index in [9.17, 15) is 9.65 Å². The third-order valence-electron chi connectivity index (χ3n) is 3.91. The van der Waals surface area contributed by atoms with Crippen molar-refractivity contribution < 1.29 is 4.39 Å². The lowest BCUT2D eigenvalue weighted by atomic mass is 9.93. The van der Waals surface area contributed by atoms with Crippen molar-refractivity contribution >= 4 is 33.3 Å². The van der Waals surface area contributed by atoms with E-state index in [2.05, 4.69) is 27.0 Å². The number of benzene rings is 2. The van der Waals surface area contributed by atoms with Crippen LogP contribution < -0.4 is 5.73 Å². The van der Waals surface area contributed by atoms with E-state index < -0.39 is 0 Å². The summed E-state index contributed by atoms with van der Waals surface area (Å²) in [5.74, 6) is -0.242. The first kappa shape index (κ1) is 17.4. The molecule has 0 atom stereocenters. The van der Waals surface area contributed by atoms with Gasteiger partial charge in [0, 0.05) is 16.1 Å². The lowest BCUT2D eigenvalue weighted by molar-refractivity contribution is 0.621. The maximum absolute atomic E-state index is 13.6. The predicted octanol–water partition coefficient (Wildman–Crippen LogP) is 5.73. The van der Waals surface area contributed by atoms with Crippen LogP contribution in [-0.2, 0) is 0 Å². The van der Waals surface area contributed by atoms with E-state index in [0.717, 1.165) is 11.1 Å². The number of halogens is 3. The molecule has 0 fully saturated rings. The van der Waals surface area contributed by atoms with Crippen LogP contribution in [0, 0.1) is 24.1 Å². The quantitative estimate of drug-likeness (QED) is 0.580. The van der Waals surface area contributed by atoms with Crippen LogP contribution in [0.1, 0.15) is 11.1 Å². The molecule has 0 aliphatic heterocycles. The normalized spacial score (nSPS) is 10.5. The first-order valence-corrected chi connectivity index (χ1v) is 8.51. The largest absolute Gasteiger partial charge is 0.383 e. The van der Waals surface area contributed by atoms with Gasteiger partial charge in [-0.15, -0.1) is 0 Å². The molecule has 0 saturated carbocycles. The average molecular weight is 417 g/mol. The molecule has 3 aromatic rings. The fourth-order valence-corrected chi connectivity index (χ4v) is 3.21. The van der Waals surface area contributed by atoms with E-state index in [4.69, 9.17) is 17.3 Å². The molecule has 1 aromatic heterocycles. The molecule has 25 heavy (non-hydrogen) atoms. The molecule has 0 aliphatic rings. The van der Waals surface area contributed by atoms with Crippen LogP contribution in [0.2, 0.25) is 5.02 Å². The Labute approximate surface area is 158 Å². The number of hydrogen-bond acceptors (Lipinski definition) is 3. The van der Waals surface area contributed by atoms with E-state index in [1.807, 2.05) is 19.1 Å². The number of nitrogen functional groups attached to an aromatic ring is 1. The lowest BCUT2D eigenvalue weighted by Crippen LogP contribution is -2.03. The van der Waals surface area contributed by atoms with Gasteiger partial charge >= 0.3 is 0 Å². The minimum atomic E-state index is -0.375. The summed E-state index contributed by atoms with van der Waals surface area (Å²) in [6.07, 6.45) is 0. The van der Waals surface area contributed by atoms with Crippen molar-refractivity contribution in [3.8, 4) is 28.5 Å². The second-order valence-electron chi connectivity index (χ2n) is 5.47. The summed E-state index contributed by atoms with van der Waals surface area (Å²) in [6, 6.07) is 13.9. The Bertz CT molecular complexity index is 1010. The fourth-order valence-electron chi connectivity index (χ4n) is 2.71. The first-order valence-electron chi connectivity index (χ1n) is 7.34. The molecule has 0 bridgehead atoms. The van der Waals surface area contributed by atoms with Crippen LogP contribution in [0.25, 0.3) is 22.4 Å². The molecule has 2 aromatic carbocycles. The summed E-state index contributed by atoms with van der Waals surface area (Å²) in [4.78, 5) is 4.40. The minimum absolute atomic E-state index is 0.133. The molecule has 0 radical (unpaired) electrons. The van der Waals surface area contributed by atoms with Crippen molar-refractivity contribution in [2.45, 2.75) is 6.92 Å². The van der Waals surface area contributed by atoms with E-state index in [0.29, 0.717) is 26.3 Å². The van der Waals surface area contributed by atoms with Crippen LogP contribution in [0.3, 0.4) is 0 Å². The lowest BCUT2D eigenvalue weighted by Gasteiger charge is -2.15. The third kappa shape index (κ3) is 3.23. The molecule has 3 rings (SSSR count). The fraction of sp³-hybridized carbons (Fsp3) is 0.0526. The molecule has 0 saturated heterocycles. The van der Waals surface area contributed by atoms with Gasteiger partial charge in [-0.2, -0.15) is 5.26 Å². The van der Waals surface area contributed by atoms with Crippen LogP contribution in [0.5, 0.6) is 0 Å². The maximum Gasteiger partial charge on any atom is 0.142 e. The minimum Gasteiger partial charge on any atom is -0.383 e. The molecule has 2 N–H and O–H groups in total. The van der Waals surface area contributed by atoms with Crippen molar-refractivity contribution in [3.63, 3.8) is 0 Å². The highest BCUT2D eigenvalue weighted by Crippen LogP contribution is 2.37. The van der Waals surface area contributed by atoms with E-state index in [1.165, 1.54) is 6.07 Å². The highest BCUT2D eigenvalue weighted by atomic mass is 79.9. The van der Waals surface area contributed by atoms with Gasteiger partial charge in [0.15, 0.2) is 0 Å². The van der Waals surface area contributed by atoms with Gasteiger partial charge in [-0.25, -0.2) is 9.37 Å². The Kier molecular flexibility index (Phi) is 4.76. The maximum atomic E-state index is 13.6. The SMILES string of the molecule is Cc1c(-c2ccc(Cl)cc2)nc(N)c(C#N)c1-c1ccc(F)c(Br)c1. The van der Waals surface area contributed by atoms with Crippen LogP contribution in [-0.4, -0.2) is 4.98 Å². The van der Waals surface area contributed by atoms with Gasteiger partial charge in [0.2, 0.25) is 0 Å². The second-order valence-corrected chi connectivity index (χ2v) is 6.76. The molecule has 1 heterocycles. The van der Waals surface area contributed by atoms with Gasteiger partial charge in [0.1, 0.15) is 23.3 Å². The van der Waals surface area contributed by atoms with Crippen LogP contribution in [0.15, 0.2) is 46.9 Å². The summed E-state index contributed by atoms with van der Waals surface area (Å²) < 4.78 is 13.9. The molecular formula is C19H12BrClFN3. The number of hydrogen-bond donors (Lipinski definition) is 1. The highest BCUT2D eigenvalue weighted by Gasteiger charge is 2.19. The van der Waals surface area contributed by atoms with Gasteiger partial charge < -0.3 is 5.73 Å². The standard InChI is InChI=1S/C19H12BrClFN3/c1-10-17(12-4-7-16(22)15(20)8-12)14(9-23)19(24)25-18(10)11-2-5-13(21)6-3-11/h2-8H,1H3,(H2,24,25). The Balaban J connectivity index is 2.31. The van der Waals surface area contributed by atoms with Gasteiger partial charge in [-0.05, 0) is 58.2 Å². The van der Waals surface area contributed by atoms with Gasteiger partial charge in [0.05, 0.1) is 10.2 Å². The summed E-state index contributed by atoms with van der Waals surface area (Å²) in [6.45, 7) is 1.86. The Morgan fingerprint density at radius 1 is 1.16 bits per heavy atom. The van der Waals surface area contributed by atoms with E-state index in [-0.39, 0.29) is 17.2 Å². The summed E-state index contributed by atoms with van der Waals surface area (Å²) in [5.41, 5.74) is 9.90. The third-order valence-corrected chi connectivity index (χ3v) is 4.77. The number of pyridine rings is 1. The number of nitrogens with two attached hydrogens (primary N) is 1. The highest BCUT2D eigenvalue weighted by molar-refractivity contribution is 9.10. The monoisotopic (exact) mass is 415 g/mol. The number of aromatic nitrogens is 1. The molecule has 0 amide bonds. The Morgan fingerprint density at radius 3 is 2.40 bits per heavy atom. The smallest absolute Gasteiger partial charge is 0.142 e. The Morgan fingerprint density at radius 2 is 1.80 bits per heavy atom. The van der Waals surface area contributed by atoms with Crippen LogP contribution >= 0.6 is 27.5 Å². The molecule has 6 heteroatoms. The van der Waals surface area contributed by atoms with Gasteiger partial charge in [-0.1, -0.05) is 29.8 Å². The van der Waals surface area contributed by atoms with Gasteiger partial charge in [-0.3, -0.25) is 0 Å². The summed E-state index contributed by atoms with van der Waals surface area (Å²) in [7, 11) is 0. The number of nitrogens with zero attached hydrogens (tertiary/aromatic N) is 2. The van der Waals surface area contributed by atoms with Gasteiger partial charge in [0.25, 0.3) is 0 Å². The molecule has 124 valence electrons. The summed E-state index contributed by atoms with van der Waals surface area (Å²) >= 11 is 9.13. The predicted molar refractivity (Wildman–Crippen MR) is 102 cm³/mol. The van der Waals surface area contributed by atoms with Crippen LogP contribution in [0.4, 0.5) is 10.2 Å².